The van der Waals surface area contributed by atoms with E-state index in [2.05, 4.69) is 10.6 Å². The third-order valence-corrected chi connectivity index (χ3v) is 5.59. The first-order valence-electron chi connectivity index (χ1n) is 9.55. The number of methoxy groups -OCH3 is 1. The van der Waals surface area contributed by atoms with Gasteiger partial charge in [-0.2, -0.15) is 0 Å². The molecule has 0 aliphatic heterocycles. The maximum atomic E-state index is 12.6. The smallest absolute Gasteiger partial charge is 0.255 e. The molecule has 154 valence electrons. The Morgan fingerprint density at radius 3 is 2.33 bits per heavy atom. The van der Waals surface area contributed by atoms with E-state index < -0.39 is 0 Å². The van der Waals surface area contributed by atoms with Gasteiger partial charge in [0.05, 0.1) is 12.4 Å². The molecule has 0 fully saturated rings. The molecule has 3 rings (SSSR count). The molecule has 5 nitrogen and oxygen atoms in total. The largest absolute Gasteiger partial charge is 0.497 e. The second-order valence-corrected chi connectivity index (χ2v) is 8.19. The fraction of sp³-hybridized carbons (Fsp3) is 0.167. The van der Waals surface area contributed by atoms with Crippen molar-refractivity contribution in [2.24, 2.45) is 0 Å². The summed E-state index contributed by atoms with van der Waals surface area (Å²) >= 11 is 1.43. The molecule has 2 N–H and O–H groups in total. The van der Waals surface area contributed by atoms with Gasteiger partial charge in [-0.15, -0.1) is 11.8 Å². The van der Waals surface area contributed by atoms with E-state index >= 15 is 0 Å². The van der Waals surface area contributed by atoms with Crippen LogP contribution in [-0.2, 0) is 4.79 Å². The molecule has 2 amide bonds. The quantitative estimate of drug-likeness (QED) is 0.504. The van der Waals surface area contributed by atoms with Gasteiger partial charge in [0.25, 0.3) is 5.91 Å². The average Bonchev–Trinajstić information content (AvgIpc) is 2.74. The highest BCUT2D eigenvalue weighted by Crippen LogP contribution is 2.27. The molecule has 0 radical (unpaired) electrons. The lowest BCUT2D eigenvalue weighted by Gasteiger charge is -2.14. The zero-order chi connectivity index (χ0) is 21.5. The summed E-state index contributed by atoms with van der Waals surface area (Å²) < 4.78 is 5.19. The summed E-state index contributed by atoms with van der Waals surface area (Å²) in [4.78, 5) is 26.0. The van der Waals surface area contributed by atoms with Crippen LogP contribution in [0.4, 0.5) is 11.4 Å². The first kappa shape index (κ1) is 21.5. The van der Waals surface area contributed by atoms with Crippen LogP contribution in [0.3, 0.4) is 0 Å². The Kier molecular flexibility index (Phi) is 7.14. The summed E-state index contributed by atoms with van der Waals surface area (Å²) in [5.41, 5.74) is 2.93. The van der Waals surface area contributed by atoms with Gasteiger partial charge < -0.3 is 15.4 Å². The van der Waals surface area contributed by atoms with Crippen LogP contribution in [0.2, 0.25) is 0 Å². The average molecular weight is 421 g/mol. The molecule has 3 aromatic rings. The van der Waals surface area contributed by atoms with Crippen molar-refractivity contribution in [3.8, 4) is 5.75 Å². The number of thioether (sulfide) groups is 1. The summed E-state index contributed by atoms with van der Waals surface area (Å²) in [6.45, 7) is 3.75. The Hall–Kier alpha value is -3.25. The van der Waals surface area contributed by atoms with Crippen molar-refractivity contribution < 1.29 is 14.3 Å². The lowest BCUT2D eigenvalue weighted by Crippen LogP contribution is -2.22. The number of ether oxygens (including phenoxy) is 1. The molecular weight excluding hydrogens is 396 g/mol. The van der Waals surface area contributed by atoms with Crippen LogP contribution in [0.5, 0.6) is 5.75 Å². The van der Waals surface area contributed by atoms with E-state index in [1.165, 1.54) is 11.8 Å². The van der Waals surface area contributed by atoms with E-state index in [1.54, 1.807) is 19.2 Å². The van der Waals surface area contributed by atoms with Crippen LogP contribution >= 0.6 is 11.8 Å². The molecule has 3 aromatic carbocycles. The fourth-order valence-corrected chi connectivity index (χ4v) is 3.80. The molecule has 0 bridgehead atoms. The third-order valence-electron chi connectivity index (χ3n) is 4.50. The maximum absolute atomic E-state index is 12.6. The number of carbonyl (C=O) groups excluding carboxylic acids is 2. The molecule has 0 heterocycles. The van der Waals surface area contributed by atoms with Crippen molar-refractivity contribution >= 4 is 35.0 Å². The van der Waals surface area contributed by atoms with Crippen molar-refractivity contribution in [1.82, 2.24) is 0 Å². The number of nitrogens with one attached hydrogen (secondary N) is 2. The van der Waals surface area contributed by atoms with Gasteiger partial charge in [-0.05, 0) is 55.8 Å². The first-order valence-corrected chi connectivity index (χ1v) is 10.4. The van der Waals surface area contributed by atoms with Gasteiger partial charge in [-0.1, -0.05) is 30.3 Å². The lowest BCUT2D eigenvalue weighted by atomic mass is 10.1. The highest BCUT2D eigenvalue weighted by Gasteiger charge is 2.16. The Balaban J connectivity index is 1.63. The molecule has 0 saturated heterocycles. The summed E-state index contributed by atoms with van der Waals surface area (Å²) in [6, 6.07) is 22.2. The number of hydrogen-bond donors (Lipinski definition) is 2. The van der Waals surface area contributed by atoms with Crippen molar-refractivity contribution in [3.63, 3.8) is 0 Å². The number of carbonyl (C=O) groups is 2. The Morgan fingerprint density at radius 1 is 0.900 bits per heavy atom. The van der Waals surface area contributed by atoms with Crippen molar-refractivity contribution in [3.05, 3.63) is 83.9 Å². The van der Waals surface area contributed by atoms with Crippen LogP contribution in [0.1, 0.15) is 22.8 Å². The Bertz CT molecular complexity index is 1050. The predicted molar refractivity (Wildman–Crippen MR) is 123 cm³/mol. The maximum Gasteiger partial charge on any atom is 0.255 e. The number of anilines is 2. The van der Waals surface area contributed by atoms with E-state index in [1.807, 2.05) is 74.5 Å². The molecule has 0 aliphatic rings. The van der Waals surface area contributed by atoms with Gasteiger partial charge in [-0.3, -0.25) is 9.59 Å². The van der Waals surface area contributed by atoms with Gasteiger partial charge in [-0.25, -0.2) is 0 Å². The first-order chi connectivity index (χ1) is 14.5. The molecule has 6 heteroatoms. The summed E-state index contributed by atoms with van der Waals surface area (Å²) in [5, 5.41) is 5.51. The monoisotopic (exact) mass is 420 g/mol. The van der Waals surface area contributed by atoms with Gasteiger partial charge in [0, 0.05) is 27.9 Å². The summed E-state index contributed by atoms with van der Waals surface area (Å²) in [7, 11) is 1.59. The molecule has 0 saturated carbocycles. The normalized spacial score (nSPS) is 11.4. The molecule has 1 atom stereocenters. The van der Waals surface area contributed by atoms with E-state index in [0.717, 1.165) is 10.5 Å². The van der Waals surface area contributed by atoms with Crippen LogP contribution in [0.25, 0.3) is 0 Å². The number of hydrogen-bond acceptors (Lipinski definition) is 4. The van der Waals surface area contributed by atoms with Gasteiger partial charge in [0.15, 0.2) is 0 Å². The van der Waals surface area contributed by atoms with Crippen LogP contribution in [0, 0.1) is 6.92 Å². The zero-order valence-corrected chi connectivity index (χ0v) is 18.0. The molecule has 0 spiro atoms. The third kappa shape index (κ3) is 5.64. The highest BCUT2D eigenvalue weighted by atomic mass is 32.2. The molecule has 1 unspecified atom stereocenters. The number of amides is 2. The minimum absolute atomic E-state index is 0.109. The molecule has 0 aliphatic carbocycles. The second kappa shape index (κ2) is 9.98. The van der Waals surface area contributed by atoms with E-state index in [4.69, 9.17) is 4.74 Å². The van der Waals surface area contributed by atoms with Crippen molar-refractivity contribution in [2.45, 2.75) is 24.0 Å². The fourth-order valence-electron chi connectivity index (χ4n) is 2.88. The van der Waals surface area contributed by atoms with Crippen LogP contribution < -0.4 is 15.4 Å². The topological polar surface area (TPSA) is 67.4 Å². The van der Waals surface area contributed by atoms with Crippen molar-refractivity contribution in [1.29, 1.82) is 0 Å². The summed E-state index contributed by atoms with van der Waals surface area (Å²) in [5.74, 6) is 0.423. The summed E-state index contributed by atoms with van der Waals surface area (Å²) in [6.07, 6.45) is 0. The van der Waals surface area contributed by atoms with Crippen molar-refractivity contribution in [2.75, 3.05) is 17.7 Å². The minimum Gasteiger partial charge on any atom is -0.497 e. The Labute approximate surface area is 180 Å². The number of benzene rings is 3. The predicted octanol–water partition coefficient (Wildman–Crippen LogP) is 5.38. The zero-order valence-electron chi connectivity index (χ0n) is 17.1. The van der Waals surface area contributed by atoms with E-state index in [0.29, 0.717) is 22.7 Å². The van der Waals surface area contributed by atoms with Gasteiger partial charge in [0.1, 0.15) is 5.75 Å². The van der Waals surface area contributed by atoms with Crippen LogP contribution in [0.15, 0.2) is 77.7 Å². The second-order valence-electron chi connectivity index (χ2n) is 6.78. The number of aryl methyl sites for hydroxylation is 1. The number of rotatable bonds is 7. The highest BCUT2D eigenvalue weighted by molar-refractivity contribution is 8.00. The van der Waals surface area contributed by atoms with E-state index in [-0.39, 0.29) is 17.1 Å². The molecule has 30 heavy (non-hydrogen) atoms. The van der Waals surface area contributed by atoms with E-state index in [9.17, 15) is 9.59 Å². The Morgan fingerprint density at radius 2 is 1.60 bits per heavy atom. The standard InChI is InChI=1S/C24H24N2O3S/c1-16-8-4-5-13-22(16)24(28)26-19-10-7-12-21(15-19)30-17(2)23(27)25-18-9-6-11-20(14-18)29-3/h4-15,17H,1-3H3,(H,25,27)(H,26,28). The SMILES string of the molecule is COc1cccc(NC(=O)C(C)Sc2cccc(NC(=O)c3ccccc3C)c2)c1. The molecule has 0 aromatic heterocycles. The van der Waals surface area contributed by atoms with Gasteiger partial charge in [0.2, 0.25) is 5.91 Å². The van der Waals surface area contributed by atoms with Crippen LogP contribution in [-0.4, -0.2) is 24.2 Å². The van der Waals surface area contributed by atoms with Gasteiger partial charge >= 0.3 is 0 Å². The lowest BCUT2D eigenvalue weighted by molar-refractivity contribution is -0.115. The molecular formula is C24H24N2O3S. The minimum atomic E-state index is -0.321.